The van der Waals surface area contributed by atoms with Gasteiger partial charge in [0.05, 0.1) is 5.41 Å². The fourth-order valence-corrected chi connectivity index (χ4v) is 1.91. The molecule has 5 nitrogen and oxygen atoms in total. The van der Waals surface area contributed by atoms with Gasteiger partial charge in [-0.3, -0.25) is 14.4 Å². The van der Waals surface area contributed by atoms with Gasteiger partial charge in [-0.2, -0.15) is 0 Å². The van der Waals surface area contributed by atoms with Crippen molar-refractivity contribution in [2.24, 2.45) is 11.3 Å². The first-order valence-electron chi connectivity index (χ1n) is 4.75. The second kappa shape index (κ2) is 6.00. The van der Waals surface area contributed by atoms with Crippen molar-refractivity contribution >= 4 is 29.4 Å². The van der Waals surface area contributed by atoms with Crippen LogP contribution in [0.2, 0.25) is 0 Å². The molecule has 0 saturated carbocycles. The minimum absolute atomic E-state index is 0. The first kappa shape index (κ1) is 16.6. The average Bonchev–Trinajstić information content (AvgIpc) is 2.10. The largest absolute Gasteiger partial charge is 1.00 e. The monoisotopic (exact) mass is 266 g/mol. The number of allylic oxidation sites excluding steroid dienone is 1. The summed E-state index contributed by atoms with van der Waals surface area (Å²) in [6.45, 7) is 6.87. The van der Waals surface area contributed by atoms with Gasteiger partial charge in [-0.25, -0.2) is 0 Å². The predicted octanol–water partition coefficient (Wildman–Crippen LogP) is -1.07. The maximum Gasteiger partial charge on any atom is 1.00 e. The number of urea groups is 1. The molecule has 1 rings (SSSR count). The molecule has 1 unspecified atom stereocenters. The summed E-state index contributed by atoms with van der Waals surface area (Å²) in [6, 6.07) is -0.925. The SMILES string of the molecule is C=C(Cl)CC1(C(C)C)C(=O)[N-]C(=O)NC1=O.[Na+]. The van der Waals surface area contributed by atoms with E-state index in [-0.39, 0.29) is 46.9 Å². The van der Waals surface area contributed by atoms with E-state index in [0.717, 1.165) is 0 Å². The Hall–Kier alpha value is -0.360. The quantitative estimate of drug-likeness (QED) is 0.522. The molecule has 4 amide bonds. The molecule has 88 valence electrons. The Kier molecular flexibility index (Phi) is 5.87. The van der Waals surface area contributed by atoms with Crippen molar-refractivity contribution in [2.75, 3.05) is 0 Å². The standard InChI is InChI=1S/C10H13ClN2O3.Na/c1-5(2)10(4-6(3)11)7(14)12-9(16)13-8(10)15;/h5H,3-4H2,1-2H3,(H2,12,13,14,15,16);/q;+1/p-1. The van der Waals surface area contributed by atoms with Crippen LogP contribution < -0.4 is 34.9 Å². The van der Waals surface area contributed by atoms with Crippen LogP contribution in [0.25, 0.3) is 5.32 Å². The van der Waals surface area contributed by atoms with Crippen molar-refractivity contribution in [3.63, 3.8) is 0 Å². The minimum atomic E-state index is -1.41. The Labute approximate surface area is 127 Å². The Morgan fingerprint density at radius 1 is 1.47 bits per heavy atom. The molecule has 17 heavy (non-hydrogen) atoms. The number of carbonyl (C=O) groups is 3. The summed E-state index contributed by atoms with van der Waals surface area (Å²) < 4.78 is 0. The van der Waals surface area contributed by atoms with E-state index in [4.69, 9.17) is 11.6 Å². The Morgan fingerprint density at radius 2 is 2.00 bits per heavy atom. The molecule has 1 aliphatic rings. The first-order chi connectivity index (χ1) is 7.30. The summed E-state index contributed by atoms with van der Waals surface area (Å²) in [4.78, 5) is 34.5. The van der Waals surface area contributed by atoms with Crippen LogP contribution in [0.15, 0.2) is 11.6 Å². The number of imide groups is 2. The van der Waals surface area contributed by atoms with Gasteiger partial charge < -0.3 is 10.6 Å². The molecule has 7 heteroatoms. The molecule has 0 bridgehead atoms. The molecule has 0 radical (unpaired) electrons. The number of amides is 4. The third-order valence-electron chi connectivity index (χ3n) is 2.67. The van der Waals surface area contributed by atoms with Crippen LogP contribution in [0, 0.1) is 11.3 Å². The molecule has 1 fully saturated rings. The van der Waals surface area contributed by atoms with Crippen LogP contribution in [0.1, 0.15) is 20.3 Å². The van der Waals surface area contributed by atoms with Gasteiger partial charge in [0.1, 0.15) is 0 Å². The van der Waals surface area contributed by atoms with Crippen LogP contribution >= 0.6 is 11.6 Å². The van der Waals surface area contributed by atoms with Crippen molar-refractivity contribution in [2.45, 2.75) is 20.3 Å². The molecule has 1 saturated heterocycles. The predicted molar refractivity (Wildman–Crippen MR) is 58.8 cm³/mol. The second-order valence-corrected chi connectivity index (χ2v) is 4.53. The zero-order valence-electron chi connectivity index (χ0n) is 10.0. The minimum Gasteiger partial charge on any atom is -0.394 e. The number of rotatable bonds is 3. The number of barbiturate groups is 1. The molecular weight excluding hydrogens is 255 g/mol. The van der Waals surface area contributed by atoms with E-state index in [0.29, 0.717) is 0 Å². The average molecular weight is 267 g/mol. The molecule has 0 aromatic heterocycles. The van der Waals surface area contributed by atoms with E-state index < -0.39 is 23.3 Å². The number of hydrogen-bond donors (Lipinski definition) is 1. The smallest absolute Gasteiger partial charge is 0.394 e. The first-order valence-corrected chi connectivity index (χ1v) is 5.13. The Bertz CT molecular complexity index is 362. The van der Waals surface area contributed by atoms with Gasteiger partial charge >= 0.3 is 29.6 Å². The topological polar surface area (TPSA) is 77.3 Å². The molecule has 1 heterocycles. The van der Waals surface area contributed by atoms with Gasteiger partial charge in [0.2, 0.25) is 0 Å². The molecule has 1 aliphatic heterocycles. The molecule has 0 spiro atoms. The van der Waals surface area contributed by atoms with Crippen molar-refractivity contribution in [3.8, 4) is 0 Å². The van der Waals surface area contributed by atoms with Crippen LogP contribution in [0.4, 0.5) is 4.79 Å². The summed E-state index contributed by atoms with van der Waals surface area (Å²) in [5.74, 6) is -1.74. The van der Waals surface area contributed by atoms with Crippen LogP contribution in [-0.4, -0.2) is 17.8 Å². The van der Waals surface area contributed by atoms with E-state index >= 15 is 0 Å². The van der Waals surface area contributed by atoms with Gasteiger partial charge in [0.25, 0.3) is 0 Å². The van der Waals surface area contributed by atoms with Gasteiger partial charge in [0.15, 0.2) is 17.8 Å². The van der Waals surface area contributed by atoms with Crippen molar-refractivity contribution in [1.82, 2.24) is 5.32 Å². The summed E-state index contributed by atoms with van der Waals surface area (Å²) in [5, 5.41) is 5.46. The summed E-state index contributed by atoms with van der Waals surface area (Å²) in [5.41, 5.74) is -1.41. The van der Waals surface area contributed by atoms with Crippen LogP contribution in [0.3, 0.4) is 0 Å². The van der Waals surface area contributed by atoms with E-state index in [1.165, 1.54) is 0 Å². The maximum atomic E-state index is 11.8. The Morgan fingerprint density at radius 3 is 2.35 bits per heavy atom. The van der Waals surface area contributed by atoms with Crippen molar-refractivity contribution < 1.29 is 43.9 Å². The Balaban J connectivity index is 0.00000256. The number of carbonyl (C=O) groups excluding carboxylic acids is 3. The number of nitrogens with zero attached hydrogens (tertiary/aromatic N) is 1. The zero-order valence-corrected chi connectivity index (χ0v) is 12.8. The van der Waals surface area contributed by atoms with E-state index in [1.54, 1.807) is 13.8 Å². The van der Waals surface area contributed by atoms with Gasteiger partial charge in [0, 0.05) is 11.5 Å². The maximum absolute atomic E-state index is 11.8. The van der Waals surface area contributed by atoms with Crippen molar-refractivity contribution in [3.05, 3.63) is 16.9 Å². The molecule has 1 atom stereocenters. The van der Waals surface area contributed by atoms with E-state index in [2.05, 4.69) is 11.9 Å². The number of nitrogens with one attached hydrogen (secondary N) is 1. The summed E-state index contributed by atoms with van der Waals surface area (Å²) in [7, 11) is 0. The van der Waals surface area contributed by atoms with Crippen LogP contribution in [0.5, 0.6) is 0 Å². The summed E-state index contributed by atoms with van der Waals surface area (Å²) in [6.07, 6.45) is -0.0202. The molecule has 0 aromatic carbocycles. The zero-order chi connectivity index (χ0) is 12.5. The van der Waals surface area contributed by atoms with Gasteiger partial charge in [-0.1, -0.05) is 32.0 Å². The third-order valence-corrected chi connectivity index (χ3v) is 2.80. The number of halogens is 1. The second-order valence-electron chi connectivity index (χ2n) is 4.00. The van der Waals surface area contributed by atoms with Crippen molar-refractivity contribution in [1.29, 1.82) is 0 Å². The van der Waals surface area contributed by atoms with Gasteiger partial charge in [-0.15, -0.1) is 0 Å². The molecule has 0 aliphatic carbocycles. The van der Waals surface area contributed by atoms with Gasteiger partial charge in [-0.05, 0) is 5.92 Å². The summed E-state index contributed by atoms with van der Waals surface area (Å²) >= 11 is 5.66. The molecule has 1 N–H and O–H groups in total. The number of hydrogen-bond acceptors (Lipinski definition) is 3. The molecule has 0 aromatic rings. The third kappa shape index (κ3) is 3.10. The fraction of sp³-hybridized carbons (Fsp3) is 0.500. The fourth-order valence-electron chi connectivity index (χ4n) is 1.70. The normalized spacial score (nSPS) is 23.9. The van der Waals surface area contributed by atoms with E-state index in [1.807, 2.05) is 5.32 Å². The van der Waals surface area contributed by atoms with E-state index in [9.17, 15) is 14.4 Å². The van der Waals surface area contributed by atoms with Crippen LogP contribution in [-0.2, 0) is 9.59 Å². The molecular formula is C10H12ClN2NaO3.